The lowest BCUT2D eigenvalue weighted by atomic mass is 9.89. The van der Waals surface area contributed by atoms with Gasteiger partial charge in [0.2, 0.25) is 15.9 Å². The van der Waals surface area contributed by atoms with Crippen LogP contribution >= 0.6 is 11.6 Å². The fraction of sp³-hybridized carbons (Fsp3) is 0.650. The quantitative estimate of drug-likeness (QED) is 0.696. The third kappa shape index (κ3) is 5.69. The van der Waals surface area contributed by atoms with Crippen LogP contribution in [0.5, 0.6) is 0 Å². The van der Waals surface area contributed by atoms with E-state index in [4.69, 9.17) is 11.6 Å². The molecule has 1 aromatic carbocycles. The second-order valence-electron chi connectivity index (χ2n) is 7.79. The van der Waals surface area contributed by atoms with Crippen LogP contribution in [0.2, 0.25) is 5.02 Å². The predicted molar refractivity (Wildman–Crippen MR) is 112 cm³/mol. The Morgan fingerprint density at radius 1 is 1.07 bits per heavy atom. The molecule has 8 heteroatoms. The number of carbonyl (C=O) groups is 1. The SMILES string of the molecule is O=C(CNCC1CCCCC1)Nc1cc(S(=O)(=O)N2CCCCC2)ccc1Cl. The van der Waals surface area contributed by atoms with Crippen molar-refractivity contribution in [2.75, 3.05) is 31.5 Å². The highest BCUT2D eigenvalue weighted by Crippen LogP contribution is 2.28. The third-order valence-electron chi connectivity index (χ3n) is 5.61. The highest BCUT2D eigenvalue weighted by atomic mass is 35.5. The first-order valence-electron chi connectivity index (χ1n) is 10.3. The maximum atomic E-state index is 12.8. The van der Waals surface area contributed by atoms with Crippen molar-refractivity contribution in [3.8, 4) is 0 Å². The zero-order chi connectivity index (χ0) is 20.0. The van der Waals surface area contributed by atoms with E-state index in [1.165, 1.54) is 54.6 Å². The molecule has 1 aliphatic carbocycles. The number of hydrogen-bond donors (Lipinski definition) is 2. The van der Waals surface area contributed by atoms with Crippen molar-refractivity contribution in [1.82, 2.24) is 9.62 Å². The number of nitrogens with zero attached hydrogens (tertiary/aromatic N) is 1. The van der Waals surface area contributed by atoms with Gasteiger partial charge in [-0.15, -0.1) is 0 Å². The van der Waals surface area contributed by atoms with Gasteiger partial charge < -0.3 is 10.6 Å². The Morgan fingerprint density at radius 2 is 1.75 bits per heavy atom. The molecule has 0 atom stereocenters. The van der Waals surface area contributed by atoms with Crippen molar-refractivity contribution in [1.29, 1.82) is 0 Å². The summed E-state index contributed by atoms with van der Waals surface area (Å²) in [5.74, 6) is 0.424. The summed E-state index contributed by atoms with van der Waals surface area (Å²) in [7, 11) is -3.56. The molecule has 2 fully saturated rings. The molecule has 0 aromatic heterocycles. The maximum Gasteiger partial charge on any atom is 0.243 e. The topological polar surface area (TPSA) is 78.5 Å². The molecule has 1 saturated heterocycles. The fourth-order valence-corrected chi connectivity index (χ4v) is 5.70. The summed E-state index contributed by atoms with van der Waals surface area (Å²) < 4.78 is 27.2. The monoisotopic (exact) mass is 427 g/mol. The molecule has 1 aliphatic heterocycles. The van der Waals surface area contributed by atoms with Crippen molar-refractivity contribution in [3.05, 3.63) is 23.2 Å². The number of rotatable bonds is 7. The summed E-state index contributed by atoms with van der Waals surface area (Å²) in [5.41, 5.74) is 0.337. The maximum absolute atomic E-state index is 12.8. The van der Waals surface area contributed by atoms with E-state index in [1.54, 1.807) is 0 Å². The average Bonchev–Trinajstić information content (AvgIpc) is 2.71. The number of amides is 1. The van der Waals surface area contributed by atoms with Crippen LogP contribution in [0.4, 0.5) is 5.69 Å². The minimum atomic E-state index is -3.56. The average molecular weight is 428 g/mol. The molecule has 0 bridgehead atoms. The molecule has 3 rings (SSSR count). The minimum Gasteiger partial charge on any atom is -0.324 e. The number of halogens is 1. The van der Waals surface area contributed by atoms with E-state index in [2.05, 4.69) is 10.6 Å². The van der Waals surface area contributed by atoms with Gasteiger partial charge >= 0.3 is 0 Å². The standard InChI is InChI=1S/C20H30ClN3O3S/c21-18-10-9-17(28(26,27)24-11-5-2-6-12-24)13-19(18)23-20(25)15-22-14-16-7-3-1-4-8-16/h9-10,13,16,22H,1-8,11-12,14-15H2,(H,23,25). The van der Waals surface area contributed by atoms with Crippen molar-refractivity contribution >= 4 is 33.2 Å². The Balaban J connectivity index is 1.58. The van der Waals surface area contributed by atoms with Gasteiger partial charge in [-0.05, 0) is 56.3 Å². The van der Waals surface area contributed by atoms with Gasteiger partial charge in [-0.1, -0.05) is 37.3 Å². The van der Waals surface area contributed by atoms with Gasteiger partial charge in [0.1, 0.15) is 0 Å². The molecule has 0 unspecified atom stereocenters. The van der Waals surface area contributed by atoms with Gasteiger partial charge in [0.15, 0.2) is 0 Å². The molecule has 1 heterocycles. The number of nitrogens with one attached hydrogen (secondary N) is 2. The first-order valence-corrected chi connectivity index (χ1v) is 12.1. The summed E-state index contributed by atoms with van der Waals surface area (Å²) in [6, 6.07) is 4.50. The van der Waals surface area contributed by atoms with Crippen LogP contribution in [0.1, 0.15) is 51.4 Å². The molecule has 2 aliphatic rings. The normalized spacial score (nSPS) is 19.5. The molecule has 0 spiro atoms. The van der Waals surface area contributed by atoms with Gasteiger partial charge in [-0.3, -0.25) is 4.79 Å². The Morgan fingerprint density at radius 3 is 2.46 bits per heavy atom. The van der Waals surface area contributed by atoms with Crippen LogP contribution in [0, 0.1) is 5.92 Å². The summed E-state index contributed by atoms with van der Waals surface area (Å²) in [6.45, 7) is 2.11. The Labute approximate surface area is 173 Å². The first-order chi connectivity index (χ1) is 13.5. The molecule has 2 N–H and O–H groups in total. The lowest BCUT2D eigenvalue weighted by molar-refractivity contribution is -0.115. The highest BCUT2D eigenvalue weighted by Gasteiger charge is 2.26. The molecule has 156 valence electrons. The lowest BCUT2D eigenvalue weighted by Gasteiger charge is -2.26. The third-order valence-corrected chi connectivity index (χ3v) is 7.83. The minimum absolute atomic E-state index is 0.171. The second kappa shape index (κ2) is 10.1. The molecular formula is C20H30ClN3O3S. The molecule has 1 aromatic rings. The number of hydrogen-bond acceptors (Lipinski definition) is 4. The van der Waals surface area contributed by atoms with Gasteiger partial charge in [0.25, 0.3) is 0 Å². The highest BCUT2D eigenvalue weighted by molar-refractivity contribution is 7.89. The van der Waals surface area contributed by atoms with E-state index < -0.39 is 10.0 Å². The number of anilines is 1. The molecule has 28 heavy (non-hydrogen) atoms. The summed E-state index contributed by atoms with van der Waals surface area (Å²) in [5, 5.41) is 6.29. The summed E-state index contributed by atoms with van der Waals surface area (Å²) in [4.78, 5) is 12.4. The van der Waals surface area contributed by atoms with Crippen LogP contribution in [-0.2, 0) is 14.8 Å². The lowest BCUT2D eigenvalue weighted by Crippen LogP contribution is -2.35. The second-order valence-corrected chi connectivity index (χ2v) is 10.1. The Kier molecular flexibility index (Phi) is 7.74. The van der Waals surface area contributed by atoms with Crippen LogP contribution < -0.4 is 10.6 Å². The van der Waals surface area contributed by atoms with Gasteiger partial charge in [-0.2, -0.15) is 4.31 Å². The zero-order valence-corrected chi connectivity index (χ0v) is 17.8. The smallest absolute Gasteiger partial charge is 0.243 e. The zero-order valence-electron chi connectivity index (χ0n) is 16.3. The number of piperidine rings is 1. The molecule has 1 amide bonds. The van der Waals surface area contributed by atoms with E-state index in [0.717, 1.165) is 25.8 Å². The van der Waals surface area contributed by atoms with Crippen LogP contribution in [0.3, 0.4) is 0 Å². The molecule has 1 saturated carbocycles. The van der Waals surface area contributed by atoms with Crippen molar-refractivity contribution in [2.24, 2.45) is 5.92 Å². The van der Waals surface area contributed by atoms with E-state index in [9.17, 15) is 13.2 Å². The van der Waals surface area contributed by atoms with Crippen LogP contribution in [0.15, 0.2) is 23.1 Å². The van der Waals surface area contributed by atoms with E-state index in [1.807, 2.05) is 0 Å². The summed E-state index contributed by atoms with van der Waals surface area (Å²) >= 11 is 6.19. The van der Waals surface area contributed by atoms with Crippen LogP contribution in [-0.4, -0.2) is 44.8 Å². The van der Waals surface area contributed by atoms with Crippen molar-refractivity contribution in [3.63, 3.8) is 0 Å². The van der Waals surface area contributed by atoms with Gasteiger partial charge in [0.05, 0.1) is 22.2 Å². The molecule has 6 nitrogen and oxygen atoms in total. The van der Waals surface area contributed by atoms with E-state index in [-0.39, 0.29) is 17.3 Å². The van der Waals surface area contributed by atoms with Crippen molar-refractivity contribution < 1.29 is 13.2 Å². The largest absolute Gasteiger partial charge is 0.324 e. The van der Waals surface area contributed by atoms with Gasteiger partial charge in [0, 0.05) is 13.1 Å². The number of benzene rings is 1. The molecule has 0 radical (unpaired) electrons. The number of sulfonamides is 1. The van der Waals surface area contributed by atoms with Crippen molar-refractivity contribution in [2.45, 2.75) is 56.3 Å². The van der Waals surface area contributed by atoms with E-state index in [0.29, 0.717) is 29.7 Å². The summed E-state index contributed by atoms with van der Waals surface area (Å²) in [6.07, 6.45) is 9.10. The predicted octanol–water partition coefficient (Wildman–Crippen LogP) is 3.62. The Bertz CT molecular complexity index is 773. The Hall–Kier alpha value is -1.15. The number of carbonyl (C=O) groups excluding carboxylic acids is 1. The molecular weight excluding hydrogens is 398 g/mol. The van der Waals surface area contributed by atoms with Gasteiger partial charge in [-0.25, -0.2) is 8.42 Å². The van der Waals surface area contributed by atoms with Crippen LogP contribution in [0.25, 0.3) is 0 Å². The van der Waals surface area contributed by atoms with E-state index >= 15 is 0 Å². The first kappa shape index (κ1) is 21.6. The fourth-order valence-electron chi connectivity index (χ4n) is 3.99.